The van der Waals surface area contributed by atoms with Crippen LogP contribution in [0.2, 0.25) is 0 Å². The highest BCUT2D eigenvalue weighted by molar-refractivity contribution is 7.91. The first-order chi connectivity index (χ1) is 13.7. The lowest BCUT2D eigenvalue weighted by molar-refractivity contribution is -0.116. The lowest BCUT2D eigenvalue weighted by atomic mass is 10.1. The zero-order valence-corrected chi connectivity index (χ0v) is 18.5. The zero-order chi connectivity index (χ0) is 21.6. The van der Waals surface area contributed by atoms with Gasteiger partial charge >= 0.3 is 5.97 Å². The molecule has 0 spiro atoms. The summed E-state index contributed by atoms with van der Waals surface area (Å²) in [4.78, 5) is 25.6. The Hall–Kier alpha value is -2.39. The molecule has 0 aliphatic carbocycles. The zero-order valence-electron chi connectivity index (χ0n) is 16.9. The molecule has 1 amide bonds. The summed E-state index contributed by atoms with van der Waals surface area (Å²) in [5.74, 6) is -0.407. The van der Waals surface area contributed by atoms with Crippen molar-refractivity contribution in [3.8, 4) is 5.75 Å². The quantitative estimate of drug-likeness (QED) is 0.598. The molecule has 1 N–H and O–H groups in total. The molecule has 1 aromatic carbocycles. The Morgan fingerprint density at radius 1 is 1.14 bits per heavy atom. The van der Waals surface area contributed by atoms with Crippen LogP contribution in [0, 0.1) is 13.8 Å². The number of carbonyl (C=O) groups excluding carboxylic acids is 2. The topological polar surface area (TPSA) is 98.8 Å². The average Bonchev–Trinajstić information content (AvgIpc) is 2.95. The lowest BCUT2D eigenvalue weighted by Crippen LogP contribution is -2.16. The third-order valence-electron chi connectivity index (χ3n) is 4.35. The molecule has 0 radical (unpaired) electrons. The summed E-state index contributed by atoms with van der Waals surface area (Å²) in [5, 5.41) is 3.15. The van der Waals surface area contributed by atoms with E-state index in [0.717, 1.165) is 10.4 Å². The van der Waals surface area contributed by atoms with Crippen molar-refractivity contribution in [3.05, 3.63) is 40.3 Å². The minimum Gasteiger partial charge on any atom is -0.497 e. The molecule has 0 saturated heterocycles. The van der Waals surface area contributed by atoms with Crippen molar-refractivity contribution in [2.45, 2.75) is 38.5 Å². The molecule has 2 rings (SSSR count). The molecular formula is C20H25NO6S2. The van der Waals surface area contributed by atoms with Gasteiger partial charge in [-0.05, 0) is 57.0 Å². The van der Waals surface area contributed by atoms with Crippen LogP contribution >= 0.6 is 11.3 Å². The van der Waals surface area contributed by atoms with Gasteiger partial charge in [0.25, 0.3) is 0 Å². The number of amides is 1. The number of thiophene rings is 1. The summed E-state index contributed by atoms with van der Waals surface area (Å²) in [7, 11) is -1.99. The number of rotatable bonds is 9. The first-order valence-corrected chi connectivity index (χ1v) is 11.6. The molecule has 158 valence electrons. The molecule has 0 atom stereocenters. The number of aryl methyl sites for hydroxylation is 1. The van der Waals surface area contributed by atoms with E-state index in [0.29, 0.717) is 16.3 Å². The van der Waals surface area contributed by atoms with Crippen LogP contribution in [-0.4, -0.2) is 39.8 Å². The summed E-state index contributed by atoms with van der Waals surface area (Å²) in [6.07, 6.45) is 0.186. The summed E-state index contributed by atoms with van der Waals surface area (Å²) >= 11 is 1.30. The molecule has 0 saturated carbocycles. The van der Waals surface area contributed by atoms with Crippen molar-refractivity contribution in [1.29, 1.82) is 0 Å². The van der Waals surface area contributed by atoms with Crippen LogP contribution in [0.15, 0.2) is 29.2 Å². The van der Waals surface area contributed by atoms with Crippen LogP contribution in [0.1, 0.15) is 40.6 Å². The van der Waals surface area contributed by atoms with E-state index in [2.05, 4.69) is 5.32 Å². The van der Waals surface area contributed by atoms with Crippen molar-refractivity contribution < 1.29 is 27.5 Å². The van der Waals surface area contributed by atoms with Crippen LogP contribution in [0.25, 0.3) is 0 Å². The first kappa shape index (κ1) is 22.9. The monoisotopic (exact) mass is 439 g/mol. The van der Waals surface area contributed by atoms with E-state index in [1.807, 2.05) is 6.92 Å². The number of ether oxygens (including phenoxy) is 2. The Kier molecular flexibility index (Phi) is 7.80. The Morgan fingerprint density at radius 2 is 1.79 bits per heavy atom. The van der Waals surface area contributed by atoms with Gasteiger partial charge in [-0.1, -0.05) is 0 Å². The van der Waals surface area contributed by atoms with Gasteiger partial charge in [0, 0.05) is 11.3 Å². The highest BCUT2D eigenvalue weighted by Crippen LogP contribution is 2.33. The van der Waals surface area contributed by atoms with E-state index in [-0.39, 0.29) is 36.0 Å². The maximum atomic E-state index is 12.4. The van der Waals surface area contributed by atoms with Crippen LogP contribution in [0.4, 0.5) is 5.00 Å². The van der Waals surface area contributed by atoms with Gasteiger partial charge < -0.3 is 14.8 Å². The van der Waals surface area contributed by atoms with Gasteiger partial charge in [0.2, 0.25) is 5.91 Å². The molecule has 0 aliphatic heterocycles. The number of hydrogen-bond donors (Lipinski definition) is 1. The van der Waals surface area contributed by atoms with Gasteiger partial charge in [-0.25, -0.2) is 13.2 Å². The van der Waals surface area contributed by atoms with E-state index in [1.165, 1.54) is 30.6 Å². The van der Waals surface area contributed by atoms with Gasteiger partial charge in [-0.3, -0.25) is 4.79 Å². The fourth-order valence-corrected chi connectivity index (χ4v) is 5.05. The van der Waals surface area contributed by atoms with Crippen molar-refractivity contribution in [3.63, 3.8) is 0 Å². The normalized spacial score (nSPS) is 11.2. The van der Waals surface area contributed by atoms with Crippen LogP contribution in [0.5, 0.6) is 5.75 Å². The van der Waals surface area contributed by atoms with Crippen molar-refractivity contribution in [2.24, 2.45) is 0 Å². The SMILES string of the molecule is CCOC(=O)c1c(NC(=O)CCCS(=O)(=O)c2ccc(OC)cc2)sc(C)c1C. The average molecular weight is 440 g/mol. The molecule has 0 aliphatic rings. The molecule has 9 heteroatoms. The van der Waals surface area contributed by atoms with E-state index < -0.39 is 15.8 Å². The number of nitrogens with one attached hydrogen (secondary N) is 1. The van der Waals surface area contributed by atoms with Crippen LogP contribution in [-0.2, 0) is 19.4 Å². The Morgan fingerprint density at radius 3 is 2.38 bits per heavy atom. The maximum absolute atomic E-state index is 12.4. The van der Waals surface area contributed by atoms with Gasteiger partial charge in [-0.15, -0.1) is 11.3 Å². The van der Waals surface area contributed by atoms with Crippen LogP contribution in [0.3, 0.4) is 0 Å². The Labute approximate surface area is 175 Å². The third-order valence-corrected chi connectivity index (χ3v) is 7.29. The first-order valence-electron chi connectivity index (χ1n) is 9.13. The van der Waals surface area contributed by atoms with E-state index in [4.69, 9.17) is 9.47 Å². The molecular weight excluding hydrogens is 414 g/mol. The summed E-state index contributed by atoms with van der Waals surface area (Å²) in [6.45, 7) is 5.62. The Balaban J connectivity index is 1.98. The number of sulfone groups is 1. The molecule has 7 nitrogen and oxygen atoms in total. The minimum atomic E-state index is -3.49. The van der Waals surface area contributed by atoms with Crippen LogP contribution < -0.4 is 10.1 Å². The minimum absolute atomic E-state index is 0.0215. The number of methoxy groups -OCH3 is 1. The number of carbonyl (C=O) groups is 2. The predicted molar refractivity (Wildman–Crippen MR) is 113 cm³/mol. The van der Waals surface area contributed by atoms with Crippen molar-refractivity contribution in [1.82, 2.24) is 0 Å². The smallest absolute Gasteiger partial charge is 0.341 e. The molecule has 0 fully saturated rings. The van der Waals surface area contributed by atoms with E-state index in [1.54, 1.807) is 26.0 Å². The van der Waals surface area contributed by atoms with Crippen molar-refractivity contribution >= 4 is 38.1 Å². The number of hydrogen-bond acceptors (Lipinski definition) is 7. The maximum Gasteiger partial charge on any atom is 0.341 e. The highest BCUT2D eigenvalue weighted by Gasteiger charge is 2.22. The highest BCUT2D eigenvalue weighted by atomic mass is 32.2. The second-order valence-electron chi connectivity index (χ2n) is 6.35. The van der Waals surface area contributed by atoms with Gasteiger partial charge in [-0.2, -0.15) is 0 Å². The molecule has 2 aromatic rings. The number of anilines is 1. The van der Waals surface area contributed by atoms with Gasteiger partial charge in [0.15, 0.2) is 9.84 Å². The standard InChI is InChI=1S/C20H25NO6S2/c1-5-27-20(23)18-13(2)14(3)28-19(18)21-17(22)7-6-12-29(24,25)16-10-8-15(26-4)9-11-16/h8-11H,5-7,12H2,1-4H3,(H,21,22). The fourth-order valence-electron chi connectivity index (χ4n) is 2.68. The fraction of sp³-hybridized carbons (Fsp3) is 0.400. The Bertz CT molecular complexity index is 977. The summed E-state index contributed by atoms with van der Waals surface area (Å²) < 4.78 is 34.9. The van der Waals surface area contributed by atoms with Crippen molar-refractivity contribution in [2.75, 3.05) is 24.8 Å². The molecule has 0 bridgehead atoms. The molecule has 1 heterocycles. The molecule has 29 heavy (non-hydrogen) atoms. The lowest BCUT2D eigenvalue weighted by Gasteiger charge is -2.08. The summed E-state index contributed by atoms with van der Waals surface area (Å²) in [6, 6.07) is 6.13. The predicted octanol–water partition coefficient (Wildman–Crippen LogP) is 3.74. The van der Waals surface area contributed by atoms with Gasteiger partial charge in [0.1, 0.15) is 10.8 Å². The number of benzene rings is 1. The summed E-state index contributed by atoms with van der Waals surface area (Å²) in [5.41, 5.74) is 1.12. The second-order valence-corrected chi connectivity index (χ2v) is 9.69. The number of esters is 1. The van der Waals surface area contributed by atoms with Gasteiger partial charge in [0.05, 0.1) is 29.9 Å². The second kappa shape index (κ2) is 9.89. The molecule has 1 aromatic heterocycles. The van der Waals surface area contributed by atoms with E-state index >= 15 is 0 Å². The van der Waals surface area contributed by atoms with E-state index in [9.17, 15) is 18.0 Å². The molecule has 0 unspecified atom stereocenters. The largest absolute Gasteiger partial charge is 0.497 e. The third kappa shape index (κ3) is 5.80.